The van der Waals surface area contributed by atoms with E-state index in [0.717, 1.165) is 11.8 Å². The summed E-state index contributed by atoms with van der Waals surface area (Å²) in [4.78, 5) is 4.84. The largest absolute Gasteiger partial charge is 0.309 e. The van der Waals surface area contributed by atoms with Crippen molar-refractivity contribution in [2.24, 2.45) is 17.3 Å². The van der Waals surface area contributed by atoms with Gasteiger partial charge in [-0.25, -0.2) is 0 Å². The van der Waals surface area contributed by atoms with Crippen LogP contribution in [-0.4, -0.2) is 50.6 Å². The van der Waals surface area contributed by atoms with Gasteiger partial charge in [0.25, 0.3) is 0 Å². The normalized spacial score (nSPS) is 37.8. The van der Waals surface area contributed by atoms with Crippen LogP contribution in [0.5, 0.6) is 0 Å². The number of hydrogen-bond donors (Lipinski definition) is 0. The average molecular weight is 210 g/mol. The van der Waals surface area contributed by atoms with Gasteiger partial charge >= 0.3 is 0 Å². The van der Waals surface area contributed by atoms with Crippen LogP contribution in [0.2, 0.25) is 0 Å². The lowest BCUT2D eigenvalue weighted by atomic mass is 9.53. The van der Waals surface area contributed by atoms with Gasteiger partial charge in [0.1, 0.15) is 0 Å². The summed E-state index contributed by atoms with van der Waals surface area (Å²) in [5, 5.41) is 0. The fourth-order valence-corrected chi connectivity index (χ4v) is 3.83. The number of hydrogen-bond acceptors (Lipinski definition) is 2. The molecule has 88 valence electrons. The minimum atomic E-state index is 0.662. The summed E-state index contributed by atoms with van der Waals surface area (Å²) in [7, 11) is 6.69. The Bertz CT molecular complexity index is 217. The van der Waals surface area contributed by atoms with E-state index in [9.17, 15) is 0 Å². The van der Waals surface area contributed by atoms with E-state index in [1.165, 1.54) is 38.9 Å². The molecule has 0 bridgehead atoms. The van der Waals surface area contributed by atoms with Crippen molar-refractivity contribution in [3.63, 3.8) is 0 Å². The fourth-order valence-electron chi connectivity index (χ4n) is 3.83. The summed E-state index contributed by atoms with van der Waals surface area (Å²) in [6, 6.07) is 0. The van der Waals surface area contributed by atoms with Crippen LogP contribution < -0.4 is 0 Å². The Morgan fingerprint density at radius 3 is 2.33 bits per heavy atom. The van der Waals surface area contributed by atoms with Crippen molar-refractivity contribution in [3.05, 3.63) is 0 Å². The highest BCUT2D eigenvalue weighted by molar-refractivity contribution is 5.02. The van der Waals surface area contributed by atoms with Gasteiger partial charge in [-0.1, -0.05) is 6.92 Å². The van der Waals surface area contributed by atoms with Gasteiger partial charge in [0.2, 0.25) is 0 Å². The van der Waals surface area contributed by atoms with Crippen molar-refractivity contribution in [2.45, 2.75) is 26.2 Å². The summed E-state index contributed by atoms with van der Waals surface area (Å²) in [5.41, 5.74) is 0.662. The van der Waals surface area contributed by atoms with Crippen LogP contribution in [0, 0.1) is 17.3 Å². The highest BCUT2D eigenvalue weighted by Crippen LogP contribution is 2.54. The zero-order valence-electron chi connectivity index (χ0n) is 10.8. The average Bonchev–Trinajstić information content (AvgIpc) is 2.09. The molecule has 2 rings (SSSR count). The molecule has 2 unspecified atom stereocenters. The van der Waals surface area contributed by atoms with Crippen molar-refractivity contribution < 1.29 is 0 Å². The lowest BCUT2D eigenvalue weighted by Crippen LogP contribution is -2.58. The van der Waals surface area contributed by atoms with Gasteiger partial charge in [-0.2, -0.15) is 0 Å². The fraction of sp³-hybridized carbons (Fsp3) is 1.00. The van der Waals surface area contributed by atoms with E-state index in [1.807, 2.05) is 0 Å². The highest BCUT2D eigenvalue weighted by Gasteiger charge is 2.50. The summed E-state index contributed by atoms with van der Waals surface area (Å²) in [6.07, 6.45) is 4.32. The van der Waals surface area contributed by atoms with Crippen molar-refractivity contribution in [1.82, 2.24) is 9.80 Å². The van der Waals surface area contributed by atoms with Crippen molar-refractivity contribution in [1.29, 1.82) is 0 Å². The first-order valence-electron chi connectivity index (χ1n) is 6.40. The first kappa shape index (κ1) is 11.4. The molecule has 0 spiro atoms. The van der Waals surface area contributed by atoms with Crippen molar-refractivity contribution >= 4 is 0 Å². The predicted molar refractivity (Wildman–Crippen MR) is 65.0 cm³/mol. The van der Waals surface area contributed by atoms with Crippen molar-refractivity contribution in [3.8, 4) is 0 Å². The number of nitrogens with zero attached hydrogens (tertiary/aromatic N) is 2. The quantitative estimate of drug-likeness (QED) is 0.699. The summed E-state index contributed by atoms with van der Waals surface area (Å²) in [6.45, 7) is 6.38. The van der Waals surface area contributed by atoms with Crippen LogP contribution in [0.15, 0.2) is 0 Å². The second-order valence-electron chi connectivity index (χ2n) is 6.08. The minimum absolute atomic E-state index is 0.662. The third-order valence-electron chi connectivity index (χ3n) is 4.74. The highest BCUT2D eigenvalue weighted by atomic mass is 15.2. The molecule has 1 aliphatic heterocycles. The van der Waals surface area contributed by atoms with E-state index in [2.05, 4.69) is 37.9 Å². The van der Waals surface area contributed by atoms with Gasteiger partial charge in [0, 0.05) is 19.6 Å². The molecular formula is C13H26N2. The Kier molecular flexibility index (Phi) is 3.09. The van der Waals surface area contributed by atoms with E-state index in [4.69, 9.17) is 0 Å². The Morgan fingerprint density at radius 2 is 2.00 bits per heavy atom. The van der Waals surface area contributed by atoms with E-state index >= 15 is 0 Å². The molecule has 1 aliphatic carbocycles. The second-order valence-corrected chi connectivity index (χ2v) is 6.08. The molecule has 0 amide bonds. The third-order valence-corrected chi connectivity index (χ3v) is 4.74. The first-order chi connectivity index (χ1) is 7.07. The molecule has 15 heavy (non-hydrogen) atoms. The van der Waals surface area contributed by atoms with E-state index < -0.39 is 0 Å². The smallest absolute Gasteiger partial charge is 0.00345 e. The van der Waals surface area contributed by atoms with Crippen LogP contribution in [0.25, 0.3) is 0 Å². The monoisotopic (exact) mass is 210 g/mol. The molecule has 2 heteroatoms. The number of likely N-dealkylation sites (tertiary alicyclic amines) is 1. The maximum absolute atomic E-state index is 2.46. The van der Waals surface area contributed by atoms with Gasteiger partial charge in [-0.15, -0.1) is 0 Å². The van der Waals surface area contributed by atoms with Crippen LogP contribution in [0.1, 0.15) is 26.2 Å². The van der Waals surface area contributed by atoms with Gasteiger partial charge < -0.3 is 9.80 Å². The van der Waals surface area contributed by atoms with Crippen molar-refractivity contribution in [2.75, 3.05) is 40.8 Å². The molecule has 1 saturated carbocycles. The molecule has 0 N–H and O–H groups in total. The summed E-state index contributed by atoms with van der Waals surface area (Å²) < 4.78 is 0. The Hall–Kier alpha value is -0.0800. The van der Waals surface area contributed by atoms with E-state index in [-0.39, 0.29) is 0 Å². The summed E-state index contributed by atoms with van der Waals surface area (Å²) in [5.74, 6) is 2.02. The molecule has 2 fully saturated rings. The SMILES string of the molecule is CCC1(CN(C)C)CCC1C1CN(C)C1. The molecule has 2 atom stereocenters. The third kappa shape index (κ3) is 1.94. The van der Waals surface area contributed by atoms with Gasteiger partial charge in [0.15, 0.2) is 0 Å². The first-order valence-corrected chi connectivity index (χ1v) is 6.40. The zero-order valence-corrected chi connectivity index (χ0v) is 10.8. The molecular weight excluding hydrogens is 184 g/mol. The van der Waals surface area contributed by atoms with Gasteiger partial charge in [0.05, 0.1) is 0 Å². The minimum Gasteiger partial charge on any atom is -0.309 e. The molecule has 2 aliphatic rings. The van der Waals surface area contributed by atoms with E-state index in [1.54, 1.807) is 0 Å². The Morgan fingerprint density at radius 1 is 1.33 bits per heavy atom. The molecule has 0 radical (unpaired) electrons. The van der Waals surface area contributed by atoms with E-state index in [0.29, 0.717) is 5.41 Å². The molecule has 0 aromatic heterocycles. The zero-order chi connectivity index (χ0) is 11.1. The lowest BCUT2D eigenvalue weighted by Gasteiger charge is -2.58. The number of rotatable bonds is 4. The topological polar surface area (TPSA) is 6.48 Å². The van der Waals surface area contributed by atoms with Crippen LogP contribution in [0.4, 0.5) is 0 Å². The molecule has 0 aromatic carbocycles. The molecule has 1 heterocycles. The van der Waals surface area contributed by atoms with Crippen LogP contribution >= 0.6 is 0 Å². The lowest BCUT2D eigenvalue weighted by molar-refractivity contribution is -0.0803. The Labute approximate surface area is 94.6 Å². The maximum Gasteiger partial charge on any atom is 0.00345 e. The standard InChI is InChI=1S/C13H26N2/c1-5-13(10-14(2)3)7-6-12(13)11-8-15(4)9-11/h11-12H,5-10H2,1-4H3. The second kappa shape index (κ2) is 4.06. The van der Waals surface area contributed by atoms with Crippen LogP contribution in [-0.2, 0) is 0 Å². The summed E-state index contributed by atoms with van der Waals surface area (Å²) >= 11 is 0. The molecule has 2 nitrogen and oxygen atoms in total. The predicted octanol–water partition coefficient (Wildman–Crippen LogP) is 1.92. The molecule has 1 saturated heterocycles. The van der Waals surface area contributed by atoms with Gasteiger partial charge in [-0.05, 0) is 57.7 Å². The maximum atomic E-state index is 2.46. The molecule has 0 aromatic rings. The van der Waals surface area contributed by atoms with Crippen LogP contribution in [0.3, 0.4) is 0 Å². The van der Waals surface area contributed by atoms with Gasteiger partial charge in [-0.3, -0.25) is 0 Å². The Balaban J connectivity index is 1.94.